The Morgan fingerprint density at radius 1 is 1.11 bits per heavy atom. The number of likely N-dealkylation sites (tertiary alicyclic amines) is 1. The van der Waals surface area contributed by atoms with Gasteiger partial charge in [0.1, 0.15) is 23.7 Å². The molecule has 1 aliphatic rings. The van der Waals surface area contributed by atoms with Crippen molar-refractivity contribution < 1.29 is 4.42 Å². The fourth-order valence-electron chi connectivity index (χ4n) is 4.11. The third kappa shape index (κ3) is 4.53. The van der Waals surface area contributed by atoms with Crippen LogP contribution in [-0.2, 0) is 6.42 Å². The molecule has 28 heavy (non-hydrogen) atoms. The highest BCUT2D eigenvalue weighted by atomic mass is 16.3. The van der Waals surface area contributed by atoms with Gasteiger partial charge in [-0.25, -0.2) is 0 Å². The number of piperidine rings is 1. The number of hydrogen-bond acceptors (Lipinski definition) is 4. The predicted octanol–water partition coefficient (Wildman–Crippen LogP) is 4.62. The standard InChI is InChI=1S/C23H30N4O/c1-18(22-9-8-19(2)28-22)10-13-26-14-11-20(12-15-26)16-23-25-24-17-27(23)21-6-4-3-5-7-21/h3-9,17-18,20H,10-16H2,1-2H3/t18-/m1/s1. The molecule has 3 aromatic rings. The molecule has 3 heterocycles. The highest BCUT2D eigenvalue weighted by Crippen LogP contribution is 2.25. The Balaban J connectivity index is 1.26. The summed E-state index contributed by atoms with van der Waals surface area (Å²) in [6, 6.07) is 14.6. The van der Waals surface area contributed by atoms with E-state index >= 15 is 0 Å². The number of aryl methyl sites for hydroxylation is 1. The van der Waals surface area contributed by atoms with Crippen LogP contribution in [0.5, 0.6) is 0 Å². The molecule has 1 fully saturated rings. The maximum absolute atomic E-state index is 5.77. The van der Waals surface area contributed by atoms with E-state index in [9.17, 15) is 0 Å². The SMILES string of the molecule is Cc1ccc([C@H](C)CCN2CCC(Cc3nncn3-c3ccccc3)CC2)o1. The second-order valence-corrected chi connectivity index (χ2v) is 8.08. The monoisotopic (exact) mass is 378 g/mol. The number of aromatic nitrogens is 3. The minimum atomic E-state index is 0.482. The van der Waals surface area contributed by atoms with Crippen LogP contribution in [0, 0.1) is 12.8 Å². The lowest BCUT2D eigenvalue weighted by molar-refractivity contribution is 0.176. The molecule has 1 saturated heterocycles. The van der Waals surface area contributed by atoms with Gasteiger partial charge in [0.2, 0.25) is 0 Å². The van der Waals surface area contributed by atoms with Crippen molar-refractivity contribution >= 4 is 0 Å². The van der Waals surface area contributed by atoms with Crippen molar-refractivity contribution in [1.82, 2.24) is 19.7 Å². The fourth-order valence-corrected chi connectivity index (χ4v) is 4.11. The molecule has 0 spiro atoms. The van der Waals surface area contributed by atoms with Crippen LogP contribution >= 0.6 is 0 Å². The summed E-state index contributed by atoms with van der Waals surface area (Å²) in [5.41, 5.74) is 1.14. The lowest BCUT2D eigenvalue weighted by Gasteiger charge is -2.32. The summed E-state index contributed by atoms with van der Waals surface area (Å²) < 4.78 is 7.90. The first-order valence-corrected chi connectivity index (χ1v) is 10.4. The molecule has 0 bridgehead atoms. The molecule has 148 valence electrons. The first-order chi connectivity index (χ1) is 13.7. The summed E-state index contributed by atoms with van der Waals surface area (Å²) in [7, 11) is 0. The summed E-state index contributed by atoms with van der Waals surface area (Å²) in [6.45, 7) is 7.77. The van der Waals surface area contributed by atoms with Gasteiger partial charge in [-0.2, -0.15) is 0 Å². The van der Waals surface area contributed by atoms with Crippen LogP contribution in [0.2, 0.25) is 0 Å². The lowest BCUT2D eigenvalue weighted by Crippen LogP contribution is -2.35. The topological polar surface area (TPSA) is 47.1 Å². The van der Waals surface area contributed by atoms with Crippen molar-refractivity contribution in [3.8, 4) is 5.69 Å². The summed E-state index contributed by atoms with van der Waals surface area (Å²) in [4.78, 5) is 2.60. The first kappa shape index (κ1) is 18.9. The molecule has 0 aliphatic carbocycles. The molecular weight excluding hydrogens is 348 g/mol. The van der Waals surface area contributed by atoms with E-state index in [0.717, 1.165) is 42.4 Å². The van der Waals surface area contributed by atoms with E-state index in [0.29, 0.717) is 11.8 Å². The van der Waals surface area contributed by atoms with Crippen LogP contribution in [-0.4, -0.2) is 39.3 Å². The molecule has 0 saturated carbocycles. The van der Waals surface area contributed by atoms with Crippen molar-refractivity contribution in [2.45, 2.75) is 45.4 Å². The molecule has 5 heteroatoms. The molecule has 0 amide bonds. The van der Waals surface area contributed by atoms with Gasteiger partial charge in [0, 0.05) is 18.0 Å². The van der Waals surface area contributed by atoms with Crippen LogP contribution in [0.15, 0.2) is 53.2 Å². The Labute approximate surface area is 167 Å². The number of rotatable bonds is 7. The lowest BCUT2D eigenvalue weighted by atomic mass is 9.92. The van der Waals surface area contributed by atoms with Crippen molar-refractivity contribution in [1.29, 1.82) is 0 Å². The van der Waals surface area contributed by atoms with Gasteiger partial charge in [0.05, 0.1) is 0 Å². The summed E-state index contributed by atoms with van der Waals surface area (Å²) in [5, 5.41) is 8.54. The van der Waals surface area contributed by atoms with Crippen LogP contribution in [0.4, 0.5) is 0 Å². The Bertz CT molecular complexity index is 862. The van der Waals surface area contributed by atoms with Gasteiger partial charge in [-0.15, -0.1) is 10.2 Å². The summed E-state index contributed by atoms with van der Waals surface area (Å²) in [6.07, 6.45) is 6.45. The normalized spacial score (nSPS) is 17.1. The van der Waals surface area contributed by atoms with E-state index < -0.39 is 0 Å². The van der Waals surface area contributed by atoms with Crippen LogP contribution < -0.4 is 0 Å². The minimum absolute atomic E-state index is 0.482. The predicted molar refractivity (Wildman–Crippen MR) is 111 cm³/mol. The molecule has 0 unspecified atom stereocenters. The van der Waals surface area contributed by atoms with Crippen molar-refractivity contribution in [3.63, 3.8) is 0 Å². The van der Waals surface area contributed by atoms with E-state index in [1.54, 1.807) is 0 Å². The second kappa shape index (κ2) is 8.74. The van der Waals surface area contributed by atoms with E-state index in [1.807, 2.05) is 19.3 Å². The van der Waals surface area contributed by atoms with Gasteiger partial charge in [0.25, 0.3) is 0 Å². The Hall–Kier alpha value is -2.40. The van der Waals surface area contributed by atoms with E-state index in [4.69, 9.17) is 4.42 Å². The van der Waals surface area contributed by atoms with Gasteiger partial charge in [-0.3, -0.25) is 4.57 Å². The number of hydrogen-bond donors (Lipinski definition) is 0. The van der Waals surface area contributed by atoms with Gasteiger partial charge in [-0.1, -0.05) is 25.1 Å². The Kier molecular flexibility index (Phi) is 5.91. The number of benzene rings is 1. The molecule has 1 aliphatic heterocycles. The number of nitrogens with zero attached hydrogens (tertiary/aromatic N) is 4. The maximum Gasteiger partial charge on any atom is 0.137 e. The smallest absolute Gasteiger partial charge is 0.137 e. The quantitative estimate of drug-likeness (QED) is 0.602. The van der Waals surface area contributed by atoms with E-state index in [1.165, 1.54) is 25.9 Å². The fraction of sp³-hybridized carbons (Fsp3) is 0.478. The zero-order chi connectivity index (χ0) is 19.3. The van der Waals surface area contributed by atoms with Crippen LogP contribution in [0.3, 0.4) is 0 Å². The average molecular weight is 379 g/mol. The van der Waals surface area contributed by atoms with Crippen LogP contribution in [0.1, 0.15) is 49.4 Å². The summed E-state index contributed by atoms with van der Waals surface area (Å²) >= 11 is 0. The number of para-hydroxylation sites is 1. The molecule has 5 nitrogen and oxygen atoms in total. The zero-order valence-corrected chi connectivity index (χ0v) is 16.9. The third-order valence-electron chi connectivity index (χ3n) is 5.96. The highest BCUT2D eigenvalue weighted by Gasteiger charge is 2.22. The van der Waals surface area contributed by atoms with Crippen molar-refractivity contribution in [2.75, 3.05) is 19.6 Å². The highest BCUT2D eigenvalue weighted by molar-refractivity contribution is 5.32. The van der Waals surface area contributed by atoms with E-state index in [2.05, 4.69) is 63.0 Å². The van der Waals surface area contributed by atoms with Gasteiger partial charge in [0.15, 0.2) is 0 Å². The largest absolute Gasteiger partial charge is 0.466 e. The zero-order valence-electron chi connectivity index (χ0n) is 16.9. The average Bonchev–Trinajstić information content (AvgIpc) is 3.37. The minimum Gasteiger partial charge on any atom is -0.466 e. The molecule has 1 aromatic carbocycles. The molecule has 2 aromatic heterocycles. The second-order valence-electron chi connectivity index (χ2n) is 8.08. The van der Waals surface area contributed by atoms with E-state index in [-0.39, 0.29) is 0 Å². The Morgan fingerprint density at radius 2 is 1.89 bits per heavy atom. The van der Waals surface area contributed by atoms with Gasteiger partial charge >= 0.3 is 0 Å². The molecule has 0 radical (unpaired) electrons. The third-order valence-corrected chi connectivity index (χ3v) is 5.96. The van der Waals surface area contributed by atoms with Crippen molar-refractivity contribution in [2.24, 2.45) is 5.92 Å². The maximum atomic E-state index is 5.77. The van der Waals surface area contributed by atoms with Crippen molar-refractivity contribution in [3.05, 3.63) is 66.1 Å². The number of furan rings is 1. The molecular formula is C23H30N4O. The van der Waals surface area contributed by atoms with Gasteiger partial charge in [-0.05, 0) is 76.0 Å². The first-order valence-electron chi connectivity index (χ1n) is 10.4. The Morgan fingerprint density at radius 3 is 2.61 bits per heavy atom. The van der Waals surface area contributed by atoms with Crippen LogP contribution in [0.25, 0.3) is 5.69 Å². The molecule has 4 rings (SSSR count). The molecule has 1 atom stereocenters. The molecule has 0 N–H and O–H groups in total. The summed E-state index contributed by atoms with van der Waals surface area (Å²) in [5.74, 6) is 4.37. The van der Waals surface area contributed by atoms with Gasteiger partial charge < -0.3 is 9.32 Å².